The van der Waals surface area contributed by atoms with Gasteiger partial charge in [0, 0.05) is 16.7 Å². The van der Waals surface area contributed by atoms with Crippen LogP contribution in [0.1, 0.15) is 68.6 Å². The third-order valence-corrected chi connectivity index (χ3v) is 14.4. The predicted octanol–water partition coefficient (Wildman–Crippen LogP) is 0.752. The molecule has 2 bridgehead atoms. The molecule has 1 heterocycles. The van der Waals surface area contributed by atoms with Crippen molar-refractivity contribution in [1.29, 1.82) is 0 Å². The van der Waals surface area contributed by atoms with Crippen LogP contribution in [0.5, 0.6) is 0 Å². The Morgan fingerprint density at radius 1 is 0.541 bits per heavy atom. The zero-order valence-electron chi connectivity index (χ0n) is 46.5. The number of aliphatic hydroxyl groups excluding tert-OH is 2. The summed E-state index contributed by atoms with van der Waals surface area (Å²) in [5.41, 5.74) is -6.25. The topological polar surface area (TPSA) is 377 Å². The van der Waals surface area contributed by atoms with Gasteiger partial charge in [0.15, 0.2) is 0 Å². The van der Waals surface area contributed by atoms with Crippen molar-refractivity contribution in [2.75, 3.05) is 60.0 Å². The Morgan fingerprint density at radius 2 is 0.906 bits per heavy atom. The molecule has 3 aromatic rings. The molecule has 456 valence electrons. The monoisotopic (exact) mass is 1210 g/mol. The summed E-state index contributed by atoms with van der Waals surface area (Å²) in [5, 5.41) is 22.1. The number of carbonyl (C=O) groups is 9. The predicted molar refractivity (Wildman–Crippen MR) is 289 cm³/mol. The lowest BCUT2D eigenvalue weighted by molar-refractivity contribution is -0.164. The van der Waals surface area contributed by atoms with E-state index in [1.807, 2.05) is 0 Å². The van der Waals surface area contributed by atoms with Crippen LogP contribution >= 0.6 is 0 Å². The zero-order chi connectivity index (χ0) is 63.0. The van der Waals surface area contributed by atoms with Crippen LogP contribution in [0.3, 0.4) is 0 Å². The van der Waals surface area contributed by atoms with Gasteiger partial charge in [-0.15, -0.1) is 6.58 Å². The average molecular weight is 1210 g/mol. The molecule has 2 aromatic carbocycles. The molecule has 1 aromatic heterocycles. The fraction of sp³-hybridized carbons (Fsp3) is 0.393. The maximum absolute atomic E-state index is 14.2. The molecule has 6 unspecified atom stereocenters. The van der Waals surface area contributed by atoms with E-state index in [1.54, 1.807) is 12.2 Å². The largest absolute Gasteiger partial charge is 0.465 e. The maximum Gasteiger partial charge on any atom is 0.339 e. The quantitative estimate of drug-likeness (QED) is 0.0306. The van der Waals surface area contributed by atoms with Gasteiger partial charge in [-0.1, -0.05) is 38.0 Å². The summed E-state index contributed by atoms with van der Waals surface area (Å²) in [6.45, 7) is 11.0. The summed E-state index contributed by atoms with van der Waals surface area (Å²) in [6.07, 6.45) is 1.29. The van der Waals surface area contributed by atoms with Gasteiger partial charge in [0.2, 0.25) is 9.84 Å². The molecular weight excluding hydrogens is 1150 g/mol. The summed E-state index contributed by atoms with van der Waals surface area (Å²) in [4.78, 5) is 155. The summed E-state index contributed by atoms with van der Waals surface area (Å²) in [5.74, 6) is -12.0. The smallest absolute Gasteiger partial charge is 0.339 e. The molecule has 2 N–H and O–H groups in total. The highest BCUT2D eigenvalue weighted by Gasteiger charge is 2.53. The van der Waals surface area contributed by atoms with Crippen LogP contribution in [-0.2, 0) is 96.1 Å². The van der Waals surface area contributed by atoms with Gasteiger partial charge in [-0.3, -0.25) is 9.59 Å². The van der Waals surface area contributed by atoms with Crippen molar-refractivity contribution >= 4 is 63.6 Å². The van der Waals surface area contributed by atoms with Crippen LogP contribution in [0.15, 0.2) is 122 Å². The van der Waals surface area contributed by atoms with Gasteiger partial charge >= 0.3 is 70.8 Å². The number of hydrogen-bond donors (Lipinski definition) is 2. The number of rotatable bonds is 30. The molecule has 29 heteroatoms. The van der Waals surface area contributed by atoms with E-state index >= 15 is 0 Å². The molecule has 1 fully saturated rings. The lowest BCUT2D eigenvalue weighted by atomic mass is 9.83. The number of nitrogens with zero attached hydrogens (tertiary/aromatic N) is 3. The first-order valence-corrected chi connectivity index (χ1v) is 27.2. The van der Waals surface area contributed by atoms with E-state index in [2.05, 4.69) is 26.3 Å². The van der Waals surface area contributed by atoms with E-state index in [9.17, 15) is 76.2 Å². The number of ether oxygens (including phenoxy) is 9. The van der Waals surface area contributed by atoms with Gasteiger partial charge in [0.1, 0.15) is 65.1 Å². The molecule has 6 atom stereocenters. The van der Waals surface area contributed by atoms with Crippen molar-refractivity contribution in [1.82, 2.24) is 13.7 Å². The summed E-state index contributed by atoms with van der Waals surface area (Å²) in [7, 11) is -3.84. The molecule has 2 aliphatic rings. The molecule has 85 heavy (non-hydrogen) atoms. The van der Waals surface area contributed by atoms with E-state index in [-0.39, 0.29) is 35.9 Å². The molecule has 0 spiro atoms. The average Bonchev–Trinajstić information content (AvgIpc) is 2.19. The van der Waals surface area contributed by atoms with Crippen molar-refractivity contribution in [3.05, 3.63) is 151 Å². The van der Waals surface area contributed by atoms with E-state index < -0.39 is 202 Å². The molecule has 1 saturated carbocycles. The molecule has 28 nitrogen and oxygen atoms in total. The van der Waals surface area contributed by atoms with Gasteiger partial charge in [0.25, 0.3) is 0 Å². The van der Waals surface area contributed by atoms with E-state index in [4.69, 9.17) is 42.6 Å². The lowest BCUT2D eigenvalue weighted by Gasteiger charge is -2.25. The Bertz CT molecular complexity index is 3530. The molecular formula is C56H61N3O25S. The van der Waals surface area contributed by atoms with Crippen molar-refractivity contribution in [3.8, 4) is 0 Å². The number of carbonyl (C=O) groups excluding carboxylic acids is 9. The van der Waals surface area contributed by atoms with Crippen molar-refractivity contribution in [3.63, 3.8) is 0 Å². The Labute approximate surface area is 484 Å². The minimum Gasteiger partial charge on any atom is -0.465 e. The van der Waals surface area contributed by atoms with Crippen LogP contribution < -0.4 is 17.1 Å². The number of fused-ring (bicyclic) bond motifs is 2. The van der Waals surface area contributed by atoms with E-state index in [0.717, 1.165) is 43.5 Å². The normalized spacial score (nSPS) is 16.4. The van der Waals surface area contributed by atoms with Gasteiger partial charge in [-0.05, 0) is 75.4 Å². The minimum absolute atomic E-state index is 0.00171. The van der Waals surface area contributed by atoms with E-state index in [0.29, 0.717) is 26.2 Å². The standard InChI is InChI=1S/C56H61N3O25S/c1-9-16-57-54(71)58(56(73)59(55(57)72)27-36(61)29-84-53(70)44-34-11-10-33(23-34)43(44)52(69)82-22-19-79-47(64)32(6)7)26-35(60)28-83-49(66)40-15-13-38(25-42(40)51(68)81-21-18-78-46(63)31(4)5)85(74,75)37-12-14-39(48(65)76-8)41(24-37)50(67)80-20-17-77-45(62)30(2)3/h9-15,24-25,33-36,43-44,60-61H,1-2,4,6,16-23,26-29H2,3,5,7-8H3. The number of benzene rings is 2. The number of methoxy groups -OCH3 is 1. The fourth-order valence-corrected chi connectivity index (χ4v) is 9.87. The molecule has 5 rings (SSSR count). The number of aromatic nitrogens is 3. The number of esters is 9. The van der Waals surface area contributed by atoms with Gasteiger partial charge in [0.05, 0.1) is 70.6 Å². The third kappa shape index (κ3) is 16.7. The van der Waals surface area contributed by atoms with Crippen LogP contribution in [0.25, 0.3) is 0 Å². The van der Waals surface area contributed by atoms with Crippen LogP contribution in [0, 0.1) is 23.7 Å². The minimum atomic E-state index is -4.83. The van der Waals surface area contributed by atoms with Crippen molar-refractivity contribution < 1.29 is 104 Å². The first-order chi connectivity index (χ1) is 40.1. The Kier molecular flexibility index (Phi) is 23.3. The highest BCUT2D eigenvalue weighted by Crippen LogP contribution is 2.49. The Morgan fingerprint density at radius 3 is 1.32 bits per heavy atom. The summed E-state index contributed by atoms with van der Waals surface area (Å²) in [6, 6.07) is 4.96. The van der Waals surface area contributed by atoms with Crippen LogP contribution in [0.2, 0.25) is 0 Å². The Hall–Kier alpha value is -9.35. The zero-order valence-corrected chi connectivity index (χ0v) is 47.3. The first kappa shape index (κ1) is 66.5. The second-order valence-electron chi connectivity index (χ2n) is 19.1. The van der Waals surface area contributed by atoms with Gasteiger partial charge in [-0.25, -0.2) is 70.1 Å². The van der Waals surface area contributed by atoms with Crippen LogP contribution in [0.4, 0.5) is 0 Å². The lowest BCUT2D eigenvalue weighted by Crippen LogP contribution is -2.56. The number of aliphatic hydroxyl groups is 2. The molecule has 0 aliphatic heterocycles. The second-order valence-corrected chi connectivity index (χ2v) is 21.1. The second kappa shape index (κ2) is 29.8. The SMILES string of the molecule is C=CCn1c(=O)n(CC(O)COC(=O)c2ccc(S(=O)(=O)c3ccc(C(=O)OC)c(C(=O)OCCOC(=O)C(=C)C)c3)cc2C(=O)OCCOC(=O)C(=C)C)c(=O)n(CC(O)COC(=O)C2C3C=CC(C3)C2C(=O)OCCOC(=O)C(=C)C)c1=O. The highest BCUT2D eigenvalue weighted by atomic mass is 32.2. The number of sulfone groups is 1. The van der Waals surface area contributed by atoms with Crippen molar-refractivity contribution in [2.24, 2.45) is 23.7 Å². The first-order valence-electron chi connectivity index (χ1n) is 25.7. The highest BCUT2D eigenvalue weighted by molar-refractivity contribution is 7.91. The summed E-state index contributed by atoms with van der Waals surface area (Å²) >= 11 is 0. The molecule has 0 radical (unpaired) electrons. The molecule has 2 aliphatic carbocycles. The Balaban J connectivity index is 1.34. The summed E-state index contributed by atoms with van der Waals surface area (Å²) < 4.78 is 75.4. The van der Waals surface area contributed by atoms with E-state index in [1.165, 1.54) is 20.8 Å². The number of allylic oxidation sites excluding steroid dienone is 3. The van der Waals surface area contributed by atoms with Gasteiger partial charge in [-0.2, -0.15) is 0 Å². The maximum atomic E-state index is 14.2. The fourth-order valence-electron chi connectivity index (χ4n) is 8.55. The molecule has 0 amide bonds. The van der Waals surface area contributed by atoms with Gasteiger partial charge < -0.3 is 52.8 Å². The number of hydrogen-bond acceptors (Lipinski definition) is 25. The molecule has 0 saturated heterocycles. The third-order valence-electron chi connectivity index (χ3n) is 12.7. The van der Waals surface area contributed by atoms with Crippen molar-refractivity contribution in [2.45, 2.75) is 68.8 Å². The van der Waals surface area contributed by atoms with Crippen LogP contribution in [-0.4, -0.2) is 158 Å².